The second-order valence-corrected chi connectivity index (χ2v) is 10.4. The molecular weight excluding hydrogens is 576 g/mol. The first-order valence-corrected chi connectivity index (χ1v) is 12.6. The fraction of sp³-hybridized carbons (Fsp3) is 0.455. The lowest BCUT2D eigenvalue weighted by molar-refractivity contribution is 0.189. The Hall–Kier alpha value is -1.69. The molecule has 4 rings (SSSR count). The van der Waals surface area contributed by atoms with Gasteiger partial charge in [-0.3, -0.25) is 8.52 Å². The Morgan fingerprint density at radius 3 is 2.79 bits per heavy atom. The SMILES string of the molecule is CNC(C=C1C(=N)N(I)CCN1Cc1cc(Cl)ccc1Cl)=C1N=C(C2CCN(C)CC2)ON1. The Morgan fingerprint density at radius 1 is 1.30 bits per heavy atom. The zero-order chi connectivity index (χ0) is 23.5. The summed E-state index contributed by atoms with van der Waals surface area (Å²) in [5.41, 5.74) is 5.43. The fourth-order valence-electron chi connectivity index (χ4n) is 4.11. The van der Waals surface area contributed by atoms with E-state index in [0.717, 1.165) is 61.9 Å². The van der Waals surface area contributed by atoms with Gasteiger partial charge in [-0.2, -0.15) is 4.99 Å². The van der Waals surface area contributed by atoms with Gasteiger partial charge in [0.1, 0.15) is 0 Å². The van der Waals surface area contributed by atoms with Gasteiger partial charge in [-0.15, -0.1) is 0 Å². The molecule has 0 bridgehead atoms. The maximum Gasteiger partial charge on any atom is 0.227 e. The maximum atomic E-state index is 8.71. The summed E-state index contributed by atoms with van der Waals surface area (Å²) in [6.45, 7) is 4.12. The summed E-state index contributed by atoms with van der Waals surface area (Å²) in [6.07, 6.45) is 4.00. The molecule has 0 radical (unpaired) electrons. The third-order valence-electron chi connectivity index (χ3n) is 6.11. The van der Waals surface area contributed by atoms with E-state index in [1.54, 1.807) is 6.07 Å². The van der Waals surface area contributed by atoms with Gasteiger partial charge >= 0.3 is 0 Å². The van der Waals surface area contributed by atoms with E-state index < -0.39 is 0 Å². The highest BCUT2D eigenvalue weighted by Gasteiger charge is 2.29. The average Bonchev–Trinajstić information content (AvgIpc) is 3.29. The summed E-state index contributed by atoms with van der Waals surface area (Å²) in [6, 6.07) is 5.47. The maximum absolute atomic E-state index is 8.71. The van der Waals surface area contributed by atoms with Crippen molar-refractivity contribution in [3.05, 3.63) is 57.1 Å². The van der Waals surface area contributed by atoms with E-state index in [1.165, 1.54) is 0 Å². The van der Waals surface area contributed by atoms with Crippen molar-refractivity contribution in [3.8, 4) is 0 Å². The van der Waals surface area contributed by atoms with Gasteiger partial charge in [0.15, 0.2) is 11.7 Å². The standard InChI is InChI=1S/C22H28Cl2IN7O/c1-27-18(21-28-22(33-29-21)14-5-7-30(2)8-6-14)12-19-20(26)32(25)10-9-31(19)13-15-11-16(23)3-4-17(15)24/h3-4,11-12,14,26-27,29H,5-10,13H2,1-2H3. The van der Waals surface area contributed by atoms with Crippen molar-refractivity contribution in [3.63, 3.8) is 0 Å². The van der Waals surface area contributed by atoms with Crippen LogP contribution in [-0.2, 0) is 11.4 Å². The number of benzene rings is 1. The van der Waals surface area contributed by atoms with Crippen molar-refractivity contribution in [2.24, 2.45) is 10.9 Å². The topological polar surface area (TPSA) is 79.2 Å². The van der Waals surface area contributed by atoms with Gasteiger partial charge in [0.05, 0.1) is 34.3 Å². The summed E-state index contributed by atoms with van der Waals surface area (Å²) in [7, 11) is 3.98. The van der Waals surface area contributed by atoms with Crippen LogP contribution in [-0.4, -0.2) is 64.9 Å². The number of piperazine rings is 1. The molecule has 0 aromatic heterocycles. The van der Waals surface area contributed by atoms with Crippen molar-refractivity contribution >= 4 is 57.8 Å². The zero-order valence-corrected chi connectivity index (χ0v) is 22.3. The lowest BCUT2D eigenvalue weighted by atomic mass is 9.97. The van der Waals surface area contributed by atoms with Crippen LogP contribution < -0.4 is 10.8 Å². The minimum Gasteiger partial charge on any atom is -0.385 e. The Balaban J connectivity index is 1.62. The molecule has 3 aliphatic heterocycles. The highest BCUT2D eigenvalue weighted by atomic mass is 127. The van der Waals surface area contributed by atoms with Gasteiger partial charge < -0.3 is 20.0 Å². The number of hydrogen-bond donors (Lipinski definition) is 3. The largest absolute Gasteiger partial charge is 0.385 e. The highest BCUT2D eigenvalue weighted by Crippen LogP contribution is 2.28. The number of hydrogen-bond acceptors (Lipinski definition) is 7. The lowest BCUT2D eigenvalue weighted by Gasteiger charge is -2.37. The molecule has 0 spiro atoms. The number of allylic oxidation sites excluding steroid dienone is 1. The van der Waals surface area contributed by atoms with Crippen LogP contribution in [0.1, 0.15) is 18.4 Å². The van der Waals surface area contributed by atoms with E-state index >= 15 is 0 Å². The number of halogens is 3. The number of rotatable bonds is 5. The molecule has 0 amide bonds. The molecule has 178 valence electrons. The van der Waals surface area contributed by atoms with Crippen molar-refractivity contribution in [2.45, 2.75) is 19.4 Å². The molecular formula is C22H28Cl2IN7O. The van der Waals surface area contributed by atoms with Crippen LogP contribution in [0, 0.1) is 11.3 Å². The number of aliphatic imine (C=N–C) groups is 1. The van der Waals surface area contributed by atoms with Crippen LogP contribution in [0.3, 0.4) is 0 Å². The Labute approximate surface area is 218 Å². The molecule has 0 saturated carbocycles. The lowest BCUT2D eigenvalue weighted by Crippen LogP contribution is -2.43. The molecule has 11 heteroatoms. The molecule has 2 fully saturated rings. The number of piperidine rings is 1. The third kappa shape index (κ3) is 5.70. The smallest absolute Gasteiger partial charge is 0.227 e. The van der Waals surface area contributed by atoms with Gasteiger partial charge in [0.2, 0.25) is 5.90 Å². The summed E-state index contributed by atoms with van der Waals surface area (Å²) in [4.78, 5) is 15.0. The first kappa shape index (κ1) is 24.4. The van der Waals surface area contributed by atoms with Crippen LogP contribution in [0.2, 0.25) is 10.0 Å². The van der Waals surface area contributed by atoms with Crippen LogP contribution in [0.15, 0.2) is 46.5 Å². The second-order valence-electron chi connectivity index (χ2n) is 8.37. The normalized spacial score (nSPS) is 22.9. The summed E-state index contributed by atoms with van der Waals surface area (Å²) >= 11 is 14.8. The van der Waals surface area contributed by atoms with Gasteiger partial charge in [-0.05, 0) is 62.8 Å². The van der Waals surface area contributed by atoms with Gasteiger partial charge in [-0.1, -0.05) is 23.2 Å². The molecule has 3 heterocycles. The fourth-order valence-corrected chi connectivity index (χ4v) is 4.94. The van der Waals surface area contributed by atoms with Gasteiger partial charge in [0, 0.05) is 42.6 Å². The number of likely N-dealkylation sites (N-methyl/N-ethyl adjacent to an activating group) is 1. The van der Waals surface area contributed by atoms with E-state index in [4.69, 9.17) is 38.4 Å². The number of nitrogens with one attached hydrogen (secondary N) is 3. The average molecular weight is 604 g/mol. The molecule has 8 nitrogen and oxygen atoms in total. The van der Waals surface area contributed by atoms with E-state index in [1.807, 2.05) is 28.4 Å². The minimum atomic E-state index is 0.316. The highest BCUT2D eigenvalue weighted by molar-refractivity contribution is 14.1. The van der Waals surface area contributed by atoms with E-state index in [0.29, 0.717) is 34.2 Å². The molecule has 1 aromatic rings. The Kier molecular flexibility index (Phi) is 7.93. The minimum absolute atomic E-state index is 0.316. The predicted molar refractivity (Wildman–Crippen MR) is 141 cm³/mol. The molecule has 3 N–H and O–H groups in total. The van der Waals surface area contributed by atoms with Crippen LogP contribution in [0.4, 0.5) is 0 Å². The van der Waals surface area contributed by atoms with Crippen molar-refractivity contribution in [1.82, 2.24) is 23.7 Å². The molecule has 3 aliphatic rings. The molecule has 0 unspecified atom stereocenters. The third-order valence-corrected chi connectivity index (χ3v) is 7.68. The number of likely N-dealkylation sites (tertiary alicyclic amines) is 1. The number of nitrogens with zero attached hydrogens (tertiary/aromatic N) is 4. The zero-order valence-electron chi connectivity index (χ0n) is 18.7. The van der Waals surface area contributed by atoms with Crippen molar-refractivity contribution in [2.75, 3.05) is 40.3 Å². The molecule has 0 aliphatic carbocycles. The molecule has 0 atom stereocenters. The molecule has 2 saturated heterocycles. The van der Waals surface area contributed by atoms with Crippen LogP contribution >= 0.6 is 46.1 Å². The quantitative estimate of drug-likeness (QED) is 0.349. The summed E-state index contributed by atoms with van der Waals surface area (Å²) in [5.74, 6) is 2.10. The van der Waals surface area contributed by atoms with E-state index in [2.05, 4.69) is 50.5 Å². The number of hydroxylamine groups is 1. The molecule has 1 aromatic carbocycles. The summed E-state index contributed by atoms with van der Waals surface area (Å²) < 4.78 is 1.91. The van der Waals surface area contributed by atoms with Gasteiger partial charge in [0.25, 0.3) is 0 Å². The Bertz CT molecular complexity index is 1000. The van der Waals surface area contributed by atoms with Crippen molar-refractivity contribution < 1.29 is 4.84 Å². The second kappa shape index (κ2) is 10.7. The van der Waals surface area contributed by atoms with Crippen molar-refractivity contribution in [1.29, 1.82) is 5.41 Å². The first-order valence-electron chi connectivity index (χ1n) is 10.9. The predicted octanol–water partition coefficient (Wildman–Crippen LogP) is 3.99. The monoisotopic (exact) mass is 603 g/mol. The summed E-state index contributed by atoms with van der Waals surface area (Å²) in [5, 5.41) is 13.2. The van der Waals surface area contributed by atoms with Crippen LogP contribution in [0.5, 0.6) is 0 Å². The number of amidine groups is 1. The van der Waals surface area contributed by atoms with Gasteiger partial charge in [-0.25, -0.2) is 5.48 Å². The van der Waals surface area contributed by atoms with Crippen LogP contribution in [0.25, 0.3) is 0 Å². The van der Waals surface area contributed by atoms with E-state index in [-0.39, 0.29) is 0 Å². The molecule has 33 heavy (non-hydrogen) atoms. The Morgan fingerprint density at radius 2 is 2.06 bits per heavy atom. The first-order chi connectivity index (χ1) is 15.9. The van der Waals surface area contributed by atoms with E-state index in [9.17, 15) is 0 Å².